The van der Waals surface area contributed by atoms with Gasteiger partial charge in [0.25, 0.3) is 0 Å². The lowest BCUT2D eigenvalue weighted by Gasteiger charge is -2.44. The summed E-state index contributed by atoms with van der Waals surface area (Å²) in [5, 5.41) is 14.4. The maximum absolute atomic E-state index is 11.8. The van der Waals surface area contributed by atoms with Crippen molar-refractivity contribution in [2.24, 2.45) is 5.73 Å². The summed E-state index contributed by atoms with van der Waals surface area (Å²) in [6.45, 7) is 4.28. The van der Waals surface area contributed by atoms with Crippen LogP contribution >= 0.6 is 22.9 Å². The van der Waals surface area contributed by atoms with E-state index in [9.17, 15) is 14.7 Å². The predicted octanol–water partition coefficient (Wildman–Crippen LogP) is 3.96. The Labute approximate surface area is 220 Å². The summed E-state index contributed by atoms with van der Waals surface area (Å²) in [6, 6.07) is 12.1. The van der Waals surface area contributed by atoms with Gasteiger partial charge in [-0.1, -0.05) is 41.1 Å². The van der Waals surface area contributed by atoms with E-state index in [0.717, 1.165) is 76.7 Å². The Balaban J connectivity index is 1.41. The van der Waals surface area contributed by atoms with Crippen molar-refractivity contribution in [2.75, 3.05) is 32.7 Å². The molecular formula is C27H36ClN4O3S+. The molecule has 0 bridgehead atoms. The van der Waals surface area contributed by atoms with Crippen molar-refractivity contribution in [3.8, 4) is 5.75 Å². The van der Waals surface area contributed by atoms with Crippen molar-refractivity contribution in [2.45, 2.75) is 51.0 Å². The van der Waals surface area contributed by atoms with Crippen LogP contribution < -0.4 is 15.9 Å². The number of nitrogens with two attached hydrogens (primary N) is 1. The molecule has 1 amide bonds. The Morgan fingerprint density at radius 3 is 2.56 bits per heavy atom. The van der Waals surface area contributed by atoms with E-state index in [4.69, 9.17) is 17.3 Å². The molecule has 0 radical (unpaired) electrons. The van der Waals surface area contributed by atoms with E-state index >= 15 is 0 Å². The van der Waals surface area contributed by atoms with Crippen molar-refractivity contribution in [3.05, 3.63) is 62.2 Å². The molecule has 1 aromatic heterocycles. The number of benzene rings is 2. The number of phenolic OH excluding ortho intramolecular Hbond substituents is 1. The number of primary amides is 1. The minimum atomic E-state index is -0.239. The summed E-state index contributed by atoms with van der Waals surface area (Å²) in [6.07, 6.45) is 6.96. The number of quaternary nitrogens is 1. The second-order valence-electron chi connectivity index (χ2n) is 9.88. The van der Waals surface area contributed by atoms with Crippen molar-refractivity contribution < 1.29 is 14.4 Å². The monoisotopic (exact) mass is 531 g/mol. The van der Waals surface area contributed by atoms with Gasteiger partial charge in [-0.15, -0.1) is 0 Å². The first-order valence-corrected chi connectivity index (χ1v) is 14.0. The van der Waals surface area contributed by atoms with Crippen LogP contribution in [0.5, 0.6) is 5.75 Å². The molecule has 1 saturated carbocycles. The standard InChI is InChI=1S/C27H35ClN4O3S/c28-21-8-5-19(6-9-21)12-16-32(17-13-24(29)34,22-3-1-2-4-22)18-15-30-14-11-20-7-10-23(33)25-26(20)36-27(35)31-25/h5-10,22,30H,1-4,11-18H2,(H3-,29,31,33,34,35)/p+1. The summed E-state index contributed by atoms with van der Waals surface area (Å²) in [7, 11) is 0. The van der Waals surface area contributed by atoms with Crippen LogP contribution in [0.2, 0.25) is 5.02 Å². The first-order valence-electron chi connectivity index (χ1n) is 12.8. The smallest absolute Gasteiger partial charge is 0.305 e. The lowest BCUT2D eigenvalue weighted by molar-refractivity contribution is -0.949. The van der Waals surface area contributed by atoms with E-state index < -0.39 is 0 Å². The molecule has 1 aliphatic rings. The summed E-state index contributed by atoms with van der Waals surface area (Å²) in [5.74, 6) is -0.134. The van der Waals surface area contributed by atoms with Crippen LogP contribution in [-0.2, 0) is 17.6 Å². The third kappa shape index (κ3) is 6.68. The van der Waals surface area contributed by atoms with Crippen LogP contribution in [-0.4, -0.2) is 59.2 Å². The average molecular weight is 532 g/mol. The fourth-order valence-corrected chi connectivity index (χ4v) is 6.61. The average Bonchev–Trinajstić information content (AvgIpc) is 3.53. The van der Waals surface area contributed by atoms with E-state index in [-0.39, 0.29) is 16.5 Å². The van der Waals surface area contributed by atoms with Crippen LogP contribution in [0.25, 0.3) is 10.2 Å². The van der Waals surface area contributed by atoms with Crippen LogP contribution in [0, 0.1) is 0 Å². The highest BCUT2D eigenvalue weighted by Crippen LogP contribution is 2.31. The van der Waals surface area contributed by atoms with Gasteiger partial charge in [-0.25, -0.2) is 0 Å². The van der Waals surface area contributed by atoms with Gasteiger partial charge in [0, 0.05) is 18.0 Å². The summed E-state index contributed by atoms with van der Waals surface area (Å²) in [5.41, 5.74) is 8.43. The molecule has 194 valence electrons. The molecule has 0 saturated heterocycles. The zero-order valence-electron chi connectivity index (χ0n) is 20.6. The van der Waals surface area contributed by atoms with Gasteiger partial charge in [0.1, 0.15) is 11.3 Å². The first kappa shape index (κ1) is 26.7. The van der Waals surface area contributed by atoms with Crippen molar-refractivity contribution in [1.82, 2.24) is 10.3 Å². The quantitative estimate of drug-likeness (QED) is 0.198. The van der Waals surface area contributed by atoms with Gasteiger partial charge >= 0.3 is 4.87 Å². The Hall–Kier alpha value is -2.39. The maximum atomic E-state index is 11.8. The number of hydrogen-bond acceptors (Lipinski definition) is 5. The number of aromatic nitrogens is 1. The van der Waals surface area contributed by atoms with Gasteiger partial charge in [-0.3, -0.25) is 9.59 Å². The van der Waals surface area contributed by atoms with Gasteiger partial charge in [-0.2, -0.15) is 0 Å². The third-order valence-electron chi connectivity index (χ3n) is 7.61. The summed E-state index contributed by atoms with van der Waals surface area (Å²) >= 11 is 7.22. The molecule has 1 fully saturated rings. The molecule has 0 aliphatic heterocycles. The number of phenols is 1. The molecule has 2 aromatic carbocycles. The van der Waals surface area contributed by atoms with Crippen LogP contribution in [0.1, 0.15) is 43.2 Å². The number of halogens is 1. The molecule has 1 atom stereocenters. The fraction of sp³-hybridized carbons (Fsp3) is 0.481. The zero-order chi connectivity index (χ0) is 25.5. The Bertz CT molecular complexity index is 1220. The van der Waals surface area contributed by atoms with E-state index in [1.165, 1.54) is 31.2 Å². The van der Waals surface area contributed by atoms with Crippen LogP contribution in [0.4, 0.5) is 0 Å². The second-order valence-corrected chi connectivity index (χ2v) is 11.3. The number of aromatic hydroxyl groups is 1. The van der Waals surface area contributed by atoms with Crippen molar-refractivity contribution in [3.63, 3.8) is 0 Å². The number of fused-ring (bicyclic) bond motifs is 1. The number of aromatic amines is 1. The third-order valence-corrected chi connectivity index (χ3v) is 8.82. The highest BCUT2D eigenvalue weighted by atomic mass is 35.5. The van der Waals surface area contributed by atoms with Gasteiger partial charge in [0.15, 0.2) is 0 Å². The van der Waals surface area contributed by atoms with Gasteiger partial charge in [-0.05, 0) is 68.0 Å². The molecular weight excluding hydrogens is 496 g/mol. The molecule has 9 heteroatoms. The second kappa shape index (κ2) is 12.2. The summed E-state index contributed by atoms with van der Waals surface area (Å²) < 4.78 is 1.73. The Morgan fingerprint density at radius 1 is 1.08 bits per heavy atom. The summed E-state index contributed by atoms with van der Waals surface area (Å²) in [4.78, 5) is 26.1. The van der Waals surface area contributed by atoms with Crippen molar-refractivity contribution >= 4 is 39.1 Å². The number of thiazole rings is 1. The van der Waals surface area contributed by atoms with Crippen molar-refractivity contribution in [1.29, 1.82) is 0 Å². The minimum absolute atomic E-state index is 0.105. The number of carbonyl (C=O) groups excluding carboxylic acids is 1. The van der Waals surface area contributed by atoms with Gasteiger partial charge in [0.2, 0.25) is 5.91 Å². The largest absolute Gasteiger partial charge is 0.506 e. The maximum Gasteiger partial charge on any atom is 0.305 e. The molecule has 5 N–H and O–H groups in total. The van der Waals surface area contributed by atoms with E-state index in [1.807, 2.05) is 18.2 Å². The number of hydrogen-bond donors (Lipinski definition) is 4. The first-order chi connectivity index (χ1) is 17.4. The minimum Gasteiger partial charge on any atom is -0.506 e. The van der Waals surface area contributed by atoms with Gasteiger partial charge < -0.3 is 25.6 Å². The number of amides is 1. The van der Waals surface area contributed by atoms with E-state index in [0.29, 0.717) is 18.0 Å². The Kier molecular flexibility index (Phi) is 9.06. The molecule has 1 heterocycles. The fourth-order valence-electron chi connectivity index (χ4n) is 5.59. The lowest BCUT2D eigenvalue weighted by Crippen LogP contribution is -2.59. The number of carbonyl (C=O) groups is 1. The van der Waals surface area contributed by atoms with Crippen LogP contribution in [0.15, 0.2) is 41.2 Å². The topological polar surface area (TPSA) is 108 Å². The number of nitrogens with zero attached hydrogens (tertiary/aromatic N) is 1. The lowest BCUT2D eigenvalue weighted by atomic mass is 10.0. The molecule has 4 rings (SSSR count). The number of nitrogens with one attached hydrogen (secondary N) is 2. The highest BCUT2D eigenvalue weighted by molar-refractivity contribution is 7.16. The predicted molar refractivity (Wildman–Crippen MR) is 147 cm³/mol. The molecule has 36 heavy (non-hydrogen) atoms. The van der Waals surface area contributed by atoms with Crippen LogP contribution in [0.3, 0.4) is 0 Å². The SMILES string of the molecule is NC(=O)CC[N+](CCNCCc1ccc(O)c2[nH]c(=O)sc12)(CCc1ccc(Cl)cc1)C1CCCC1. The molecule has 1 aliphatic carbocycles. The van der Waals surface area contributed by atoms with Gasteiger partial charge in [0.05, 0.1) is 36.8 Å². The Morgan fingerprint density at radius 2 is 1.83 bits per heavy atom. The molecule has 1 unspecified atom stereocenters. The number of rotatable bonds is 13. The number of H-pyrrole nitrogens is 1. The van der Waals surface area contributed by atoms with E-state index in [2.05, 4.69) is 22.4 Å². The van der Waals surface area contributed by atoms with E-state index in [1.54, 1.807) is 6.07 Å². The molecule has 3 aromatic rings. The normalized spacial score (nSPS) is 15.9. The molecule has 7 nitrogen and oxygen atoms in total. The zero-order valence-corrected chi connectivity index (χ0v) is 22.2. The molecule has 0 spiro atoms. The highest BCUT2D eigenvalue weighted by Gasteiger charge is 2.38.